The molecule has 0 amide bonds. The van der Waals surface area contributed by atoms with Gasteiger partial charge in [0.05, 0.1) is 7.11 Å². The van der Waals surface area contributed by atoms with Gasteiger partial charge >= 0.3 is 0 Å². The van der Waals surface area contributed by atoms with E-state index < -0.39 is 0 Å². The van der Waals surface area contributed by atoms with Crippen LogP contribution in [0.3, 0.4) is 0 Å². The summed E-state index contributed by atoms with van der Waals surface area (Å²) in [7, 11) is 1.59. The smallest absolute Gasteiger partial charge is 0.204 e. The monoisotopic (exact) mass is 320 g/mol. The van der Waals surface area contributed by atoms with Crippen LogP contribution in [0.5, 0.6) is 5.75 Å². The lowest BCUT2D eigenvalue weighted by Gasteiger charge is -2.25. The van der Waals surface area contributed by atoms with Gasteiger partial charge in [-0.1, -0.05) is 60.7 Å². The second-order valence-electron chi connectivity index (χ2n) is 5.44. The van der Waals surface area contributed by atoms with Gasteiger partial charge in [-0.25, -0.2) is 9.97 Å². The van der Waals surface area contributed by atoms with Crippen molar-refractivity contribution in [2.24, 2.45) is 0 Å². The molecule has 0 bridgehead atoms. The number of aromatic nitrogens is 2. The van der Waals surface area contributed by atoms with Crippen molar-refractivity contribution < 1.29 is 4.74 Å². The second kappa shape index (κ2) is 7.46. The summed E-state index contributed by atoms with van der Waals surface area (Å²) in [5.41, 5.74) is 8.33. The van der Waals surface area contributed by atoms with Crippen LogP contribution in [0.15, 0.2) is 67.0 Å². The molecule has 3 rings (SSSR count). The number of ether oxygens (including phenoxy) is 1. The zero-order valence-corrected chi connectivity index (χ0v) is 13.6. The highest BCUT2D eigenvalue weighted by Crippen LogP contribution is 2.31. The number of nitrogen functional groups attached to an aromatic ring is 1. The number of rotatable bonds is 6. The molecule has 1 aromatic heterocycles. The average molecular weight is 320 g/mol. The normalized spacial score (nSPS) is 10.4. The number of hydrogen-bond donors (Lipinski definition) is 1. The Kier molecular flexibility index (Phi) is 4.91. The lowest BCUT2D eigenvalue weighted by Crippen LogP contribution is -2.24. The maximum Gasteiger partial charge on any atom is 0.204 e. The van der Waals surface area contributed by atoms with E-state index in [-0.39, 0.29) is 0 Å². The van der Waals surface area contributed by atoms with Crippen molar-refractivity contribution in [2.75, 3.05) is 17.7 Å². The van der Waals surface area contributed by atoms with Crippen LogP contribution in [0.2, 0.25) is 0 Å². The Morgan fingerprint density at radius 1 is 0.875 bits per heavy atom. The van der Waals surface area contributed by atoms with E-state index in [4.69, 9.17) is 10.5 Å². The molecule has 3 aromatic rings. The molecule has 1 heterocycles. The highest BCUT2D eigenvalue weighted by atomic mass is 16.5. The lowest BCUT2D eigenvalue weighted by molar-refractivity contribution is 0.412. The summed E-state index contributed by atoms with van der Waals surface area (Å²) < 4.78 is 5.44. The first kappa shape index (κ1) is 15.8. The van der Waals surface area contributed by atoms with Crippen LogP contribution < -0.4 is 15.4 Å². The zero-order valence-electron chi connectivity index (χ0n) is 13.6. The summed E-state index contributed by atoms with van der Waals surface area (Å²) in [5.74, 6) is 1.54. The minimum Gasteiger partial charge on any atom is -0.490 e. The molecule has 2 N–H and O–H groups in total. The van der Waals surface area contributed by atoms with E-state index in [1.807, 2.05) is 36.4 Å². The molecule has 0 atom stereocenters. The predicted octanol–water partition coefficient (Wildman–Crippen LogP) is 3.27. The molecule has 0 aliphatic heterocycles. The fourth-order valence-electron chi connectivity index (χ4n) is 2.61. The Morgan fingerprint density at radius 2 is 1.42 bits per heavy atom. The quantitative estimate of drug-likeness (QED) is 0.755. The third-order valence-electron chi connectivity index (χ3n) is 3.75. The molecule has 2 aromatic carbocycles. The molecule has 0 spiro atoms. The van der Waals surface area contributed by atoms with Crippen molar-refractivity contribution in [1.82, 2.24) is 9.97 Å². The molecule has 0 radical (unpaired) electrons. The zero-order chi connectivity index (χ0) is 16.8. The van der Waals surface area contributed by atoms with Gasteiger partial charge in [0.1, 0.15) is 6.33 Å². The number of hydrogen-bond acceptors (Lipinski definition) is 5. The Hall–Kier alpha value is -3.08. The molecule has 24 heavy (non-hydrogen) atoms. The average Bonchev–Trinajstić information content (AvgIpc) is 2.63. The molecule has 0 aliphatic carbocycles. The van der Waals surface area contributed by atoms with Crippen molar-refractivity contribution in [1.29, 1.82) is 0 Å². The third-order valence-corrected chi connectivity index (χ3v) is 3.75. The molecular formula is C19H20N4O. The largest absolute Gasteiger partial charge is 0.490 e. The molecule has 0 saturated heterocycles. The minimum absolute atomic E-state index is 0.341. The van der Waals surface area contributed by atoms with Crippen molar-refractivity contribution >= 4 is 11.6 Å². The summed E-state index contributed by atoms with van der Waals surface area (Å²) in [6.45, 7) is 1.39. The molecule has 0 saturated carbocycles. The Balaban J connectivity index is 1.97. The SMILES string of the molecule is COc1c(N)ncnc1N(Cc1ccccc1)Cc1ccccc1. The summed E-state index contributed by atoms with van der Waals surface area (Å²) in [6.07, 6.45) is 1.47. The minimum atomic E-state index is 0.341. The van der Waals surface area contributed by atoms with E-state index in [2.05, 4.69) is 39.1 Å². The van der Waals surface area contributed by atoms with Crippen molar-refractivity contribution in [3.05, 3.63) is 78.1 Å². The van der Waals surface area contributed by atoms with E-state index in [1.165, 1.54) is 17.5 Å². The van der Waals surface area contributed by atoms with Gasteiger partial charge in [-0.3, -0.25) is 0 Å². The molecule has 122 valence electrons. The maximum atomic E-state index is 5.95. The van der Waals surface area contributed by atoms with Gasteiger partial charge < -0.3 is 15.4 Å². The van der Waals surface area contributed by atoms with E-state index in [1.54, 1.807) is 7.11 Å². The van der Waals surface area contributed by atoms with Crippen LogP contribution >= 0.6 is 0 Å². The van der Waals surface area contributed by atoms with Gasteiger partial charge in [0, 0.05) is 13.1 Å². The van der Waals surface area contributed by atoms with E-state index >= 15 is 0 Å². The van der Waals surface area contributed by atoms with Gasteiger partial charge in [-0.2, -0.15) is 0 Å². The standard InChI is InChI=1S/C19H20N4O/c1-24-17-18(20)21-14-22-19(17)23(12-15-8-4-2-5-9-15)13-16-10-6-3-7-11-16/h2-11,14H,12-13H2,1H3,(H2,20,21,22). The molecule has 5 nitrogen and oxygen atoms in total. The van der Waals surface area contributed by atoms with Crippen LogP contribution in [0.25, 0.3) is 0 Å². The van der Waals surface area contributed by atoms with Crippen molar-refractivity contribution in [2.45, 2.75) is 13.1 Å². The van der Waals surface area contributed by atoms with Crippen molar-refractivity contribution in [3.63, 3.8) is 0 Å². The first-order valence-electron chi connectivity index (χ1n) is 7.75. The van der Waals surface area contributed by atoms with Crippen LogP contribution in [0.4, 0.5) is 11.6 Å². The first-order valence-corrected chi connectivity index (χ1v) is 7.75. The summed E-state index contributed by atoms with van der Waals surface area (Å²) in [5, 5.41) is 0. The lowest BCUT2D eigenvalue weighted by atomic mass is 10.1. The van der Waals surface area contributed by atoms with E-state index in [0.717, 1.165) is 0 Å². The van der Waals surface area contributed by atoms with Crippen LogP contribution in [-0.4, -0.2) is 17.1 Å². The van der Waals surface area contributed by atoms with E-state index in [0.29, 0.717) is 30.5 Å². The van der Waals surface area contributed by atoms with Gasteiger partial charge in [0.2, 0.25) is 5.75 Å². The highest BCUT2D eigenvalue weighted by Gasteiger charge is 2.17. The first-order chi connectivity index (χ1) is 11.8. The second-order valence-corrected chi connectivity index (χ2v) is 5.44. The Bertz CT molecular complexity index is 736. The van der Waals surface area contributed by atoms with Gasteiger partial charge in [0.25, 0.3) is 0 Å². The predicted molar refractivity (Wildman–Crippen MR) is 95.8 cm³/mol. The highest BCUT2D eigenvalue weighted by molar-refractivity contribution is 5.63. The van der Waals surface area contributed by atoms with Gasteiger partial charge in [0.15, 0.2) is 11.6 Å². The fourth-order valence-corrected chi connectivity index (χ4v) is 2.61. The van der Waals surface area contributed by atoms with Gasteiger partial charge in [-0.05, 0) is 11.1 Å². The topological polar surface area (TPSA) is 64.3 Å². The van der Waals surface area contributed by atoms with Gasteiger partial charge in [-0.15, -0.1) is 0 Å². The van der Waals surface area contributed by atoms with E-state index in [9.17, 15) is 0 Å². The van der Waals surface area contributed by atoms with Crippen LogP contribution in [-0.2, 0) is 13.1 Å². The number of methoxy groups -OCH3 is 1. The summed E-state index contributed by atoms with van der Waals surface area (Å²) >= 11 is 0. The number of nitrogens with zero attached hydrogens (tertiary/aromatic N) is 3. The maximum absolute atomic E-state index is 5.95. The molecule has 0 unspecified atom stereocenters. The Labute approximate surface area is 141 Å². The number of nitrogens with two attached hydrogens (primary N) is 1. The van der Waals surface area contributed by atoms with Crippen molar-refractivity contribution in [3.8, 4) is 5.75 Å². The third kappa shape index (κ3) is 3.63. The number of anilines is 2. The number of benzene rings is 2. The Morgan fingerprint density at radius 3 is 1.92 bits per heavy atom. The fraction of sp³-hybridized carbons (Fsp3) is 0.158. The van der Waals surface area contributed by atoms with Crippen LogP contribution in [0.1, 0.15) is 11.1 Å². The molecule has 5 heteroatoms. The van der Waals surface area contributed by atoms with Crippen LogP contribution in [0, 0.1) is 0 Å². The molecule has 0 aliphatic rings. The molecule has 0 fully saturated rings. The molecular weight excluding hydrogens is 300 g/mol. The summed E-state index contributed by atoms with van der Waals surface area (Å²) in [6, 6.07) is 20.5. The summed E-state index contributed by atoms with van der Waals surface area (Å²) in [4.78, 5) is 10.6.